The molecule has 7 nitrogen and oxygen atoms in total. The monoisotopic (exact) mass is 370 g/mol. The van der Waals surface area contributed by atoms with Gasteiger partial charge in [0.25, 0.3) is 5.91 Å². The molecule has 0 unspecified atom stereocenters. The van der Waals surface area contributed by atoms with E-state index in [1.165, 1.54) is 11.3 Å². The molecular weight excluding hydrogens is 348 g/mol. The van der Waals surface area contributed by atoms with Crippen molar-refractivity contribution in [3.05, 3.63) is 52.3 Å². The fraction of sp³-hybridized carbons (Fsp3) is 0.444. The normalized spacial score (nSPS) is 15.5. The number of rotatable bonds is 4. The molecular formula is C18H22N6OS. The number of carbonyl (C=O) groups excluding carboxylic acids is 1. The Balaban J connectivity index is 1.42. The Morgan fingerprint density at radius 1 is 1.31 bits per heavy atom. The molecule has 0 atom stereocenters. The quantitative estimate of drug-likeness (QED) is 0.707. The first-order valence-electron chi connectivity index (χ1n) is 8.82. The molecule has 136 valence electrons. The Labute approximate surface area is 156 Å². The zero-order valence-corrected chi connectivity index (χ0v) is 15.8. The number of carbonyl (C=O) groups is 1. The van der Waals surface area contributed by atoms with Gasteiger partial charge in [-0.2, -0.15) is 0 Å². The summed E-state index contributed by atoms with van der Waals surface area (Å²) in [4.78, 5) is 19.5. The number of hydrogen-bond acceptors (Lipinski definition) is 5. The van der Waals surface area contributed by atoms with Gasteiger partial charge in [0.1, 0.15) is 11.6 Å². The van der Waals surface area contributed by atoms with Gasteiger partial charge >= 0.3 is 0 Å². The number of aryl methyl sites for hydroxylation is 1. The molecule has 1 saturated heterocycles. The van der Waals surface area contributed by atoms with Crippen LogP contribution in [0.1, 0.15) is 45.9 Å². The van der Waals surface area contributed by atoms with Crippen LogP contribution in [0.4, 0.5) is 0 Å². The minimum absolute atomic E-state index is 0.146. The third kappa shape index (κ3) is 3.16. The molecule has 8 heteroatoms. The van der Waals surface area contributed by atoms with Crippen LogP contribution in [-0.4, -0.2) is 48.2 Å². The minimum Gasteiger partial charge on any atom is -0.338 e. The van der Waals surface area contributed by atoms with E-state index in [2.05, 4.69) is 24.3 Å². The molecule has 0 N–H and O–H groups in total. The summed E-state index contributed by atoms with van der Waals surface area (Å²) in [6.07, 6.45) is 5.60. The minimum atomic E-state index is 0.146. The molecule has 0 bridgehead atoms. The van der Waals surface area contributed by atoms with Crippen LogP contribution >= 0.6 is 11.3 Å². The van der Waals surface area contributed by atoms with Crippen molar-refractivity contribution in [3.8, 4) is 0 Å². The van der Waals surface area contributed by atoms with E-state index in [0.717, 1.165) is 48.3 Å². The van der Waals surface area contributed by atoms with Gasteiger partial charge in [0.05, 0.1) is 11.4 Å². The maximum Gasteiger partial charge on any atom is 0.263 e. The van der Waals surface area contributed by atoms with E-state index in [4.69, 9.17) is 0 Å². The largest absolute Gasteiger partial charge is 0.338 e. The Bertz CT molecular complexity index is 889. The van der Waals surface area contributed by atoms with Crippen molar-refractivity contribution in [2.24, 2.45) is 7.05 Å². The molecule has 1 amide bonds. The van der Waals surface area contributed by atoms with E-state index >= 15 is 0 Å². The van der Waals surface area contributed by atoms with Crippen LogP contribution in [0.25, 0.3) is 0 Å². The molecule has 3 aromatic rings. The van der Waals surface area contributed by atoms with Gasteiger partial charge in [-0.25, -0.2) is 4.98 Å². The van der Waals surface area contributed by atoms with Crippen molar-refractivity contribution in [3.63, 3.8) is 0 Å². The molecule has 0 spiro atoms. The SMILES string of the molecule is Cc1nccn1Cc1nnc(C2CCN(C(=O)c3cccs3)CC2)n1C. The molecule has 0 aromatic carbocycles. The third-order valence-corrected chi connectivity index (χ3v) is 5.97. The molecule has 0 aliphatic carbocycles. The van der Waals surface area contributed by atoms with Crippen LogP contribution < -0.4 is 0 Å². The van der Waals surface area contributed by atoms with Gasteiger partial charge in [0, 0.05) is 38.4 Å². The van der Waals surface area contributed by atoms with E-state index < -0.39 is 0 Å². The summed E-state index contributed by atoms with van der Waals surface area (Å²) in [7, 11) is 2.03. The topological polar surface area (TPSA) is 68.8 Å². The number of nitrogens with zero attached hydrogens (tertiary/aromatic N) is 6. The van der Waals surface area contributed by atoms with E-state index in [1.54, 1.807) is 6.20 Å². The standard InChI is InChI=1S/C18H22N6OS/c1-13-19-7-10-24(13)12-16-20-21-17(22(16)2)14-5-8-23(9-6-14)18(25)15-4-3-11-26-15/h3-4,7,10-11,14H,5-6,8-9,12H2,1-2H3. The zero-order chi connectivity index (χ0) is 18.1. The fourth-order valence-corrected chi connectivity index (χ4v) is 4.18. The van der Waals surface area contributed by atoms with E-state index in [-0.39, 0.29) is 5.91 Å². The third-order valence-electron chi connectivity index (χ3n) is 5.11. The van der Waals surface area contributed by atoms with Crippen LogP contribution in [0.5, 0.6) is 0 Å². The van der Waals surface area contributed by atoms with E-state index in [0.29, 0.717) is 12.5 Å². The zero-order valence-electron chi connectivity index (χ0n) is 15.0. The molecule has 1 fully saturated rings. The van der Waals surface area contributed by atoms with Crippen LogP contribution in [0.3, 0.4) is 0 Å². The highest BCUT2D eigenvalue weighted by Crippen LogP contribution is 2.28. The Kier molecular flexibility index (Phi) is 4.58. The maximum atomic E-state index is 12.5. The summed E-state index contributed by atoms with van der Waals surface area (Å²) in [5.41, 5.74) is 0. The highest BCUT2D eigenvalue weighted by Gasteiger charge is 2.28. The molecule has 3 aromatic heterocycles. The lowest BCUT2D eigenvalue weighted by Gasteiger charge is -2.31. The summed E-state index contributed by atoms with van der Waals surface area (Å²) >= 11 is 1.51. The second-order valence-electron chi connectivity index (χ2n) is 6.68. The van der Waals surface area contributed by atoms with Gasteiger partial charge < -0.3 is 14.0 Å². The summed E-state index contributed by atoms with van der Waals surface area (Å²) < 4.78 is 4.16. The molecule has 1 aliphatic rings. The van der Waals surface area contributed by atoms with Crippen molar-refractivity contribution in [1.29, 1.82) is 0 Å². The molecule has 26 heavy (non-hydrogen) atoms. The Morgan fingerprint density at radius 3 is 2.77 bits per heavy atom. The van der Waals surface area contributed by atoms with Gasteiger partial charge in [0.2, 0.25) is 0 Å². The first kappa shape index (κ1) is 17.0. The van der Waals surface area contributed by atoms with Crippen molar-refractivity contribution < 1.29 is 4.79 Å². The predicted octanol–water partition coefficient (Wildman–Crippen LogP) is 2.45. The first-order chi connectivity index (χ1) is 12.6. The van der Waals surface area contributed by atoms with Crippen molar-refractivity contribution in [2.45, 2.75) is 32.2 Å². The predicted molar refractivity (Wildman–Crippen MR) is 99.3 cm³/mol. The number of thiophene rings is 1. The number of amides is 1. The second-order valence-corrected chi connectivity index (χ2v) is 7.63. The van der Waals surface area contributed by atoms with Gasteiger partial charge in [-0.3, -0.25) is 4.79 Å². The maximum absolute atomic E-state index is 12.5. The Hall–Kier alpha value is -2.48. The number of aromatic nitrogens is 5. The smallest absolute Gasteiger partial charge is 0.263 e. The lowest BCUT2D eigenvalue weighted by atomic mass is 9.96. The first-order valence-corrected chi connectivity index (χ1v) is 9.70. The number of hydrogen-bond donors (Lipinski definition) is 0. The summed E-state index contributed by atoms with van der Waals surface area (Å²) in [5, 5.41) is 10.8. The molecule has 4 rings (SSSR count). The van der Waals surface area contributed by atoms with Crippen LogP contribution in [-0.2, 0) is 13.6 Å². The van der Waals surface area contributed by atoms with Crippen molar-refractivity contribution in [2.75, 3.05) is 13.1 Å². The van der Waals surface area contributed by atoms with Gasteiger partial charge in [-0.05, 0) is 31.2 Å². The van der Waals surface area contributed by atoms with Crippen molar-refractivity contribution in [1.82, 2.24) is 29.2 Å². The average Bonchev–Trinajstić information content (AvgIpc) is 3.39. The molecule has 0 radical (unpaired) electrons. The summed E-state index contributed by atoms with van der Waals surface area (Å²) in [6, 6.07) is 3.82. The number of piperidine rings is 1. The molecule has 0 saturated carbocycles. The second kappa shape index (κ2) is 7.03. The highest BCUT2D eigenvalue weighted by molar-refractivity contribution is 7.12. The van der Waals surface area contributed by atoms with Crippen LogP contribution in [0, 0.1) is 6.92 Å². The van der Waals surface area contributed by atoms with Crippen molar-refractivity contribution >= 4 is 17.2 Å². The lowest BCUT2D eigenvalue weighted by Crippen LogP contribution is -2.38. The molecule has 4 heterocycles. The number of likely N-dealkylation sites (tertiary alicyclic amines) is 1. The summed E-state index contributed by atoms with van der Waals surface area (Å²) in [6.45, 7) is 4.19. The lowest BCUT2D eigenvalue weighted by molar-refractivity contribution is 0.0715. The van der Waals surface area contributed by atoms with E-state index in [9.17, 15) is 4.79 Å². The summed E-state index contributed by atoms with van der Waals surface area (Å²) in [5.74, 6) is 3.40. The van der Waals surface area contributed by atoms with Gasteiger partial charge in [0.15, 0.2) is 5.82 Å². The Morgan fingerprint density at radius 2 is 2.12 bits per heavy atom. The van der Waals surface area contributed by atoms with E-state index in [1.807, 2.05) is 42.6 Å². The fourth-order valence-electron chi connectivity index (χ4n) is 3.49. The molecule has 1 aliphatic heterocycles. The van der Waals surface area contributed by atoms with Crippen LogP contribution in [0.15, 0.2) is 29.9 Å². The average molecular weight is 370 g/mol. The van der Waals surface area contributed by atoms with Gasteiger partial charge in [-0.1, -0.05) is 6.07 Å². The van der Waals surface area contributed by atoms with Gasteiger partial charge in [-0.15, -0.1) is 21.5 Å². The highest BCUT2D eigenvalue weighted by atomic mass is 32.1. The van der Waals surface area contributed by atoms with Crippen LogP contribution in [0.2, 0.25) is 0 Å². The number of imidazole rings is 1.